The van der Waals surface area contributed by atoms with Crippen LogP contribution in [0.25, 0.3) is 0 Å². The van der Waals surface area contributed by atoms with Gasteiger partial charge in [-0.3, -0.25) is 4.90 Å². The van der Waals surface area contributed by atoms with Crippen molar-refractivity contribution in [3.8, 4) is 0 Å². The van der Waals surface area contributed by atoms with Crippen LogP contribution in [0.4, 0.5) is 4.39 Å². The quantitative estimate of drug-likeness (QED) is 0.874. The fourth-order valence-corrected chi connectivity index (χ4v) is 2.59. The molecule has 0 bridgehead atoms. The summed E-state index contributed by atoms with van der Waals surface area (Å²) in [7, 11) is 0. The molecular formula is C14H21FN2. The maximum Gasteiger partial charge on any atom is 0.123 e. The number of hydrogen-bond donors (Lipinski definition) is 1. The summed E-state index contributed by atoms with van der Waals surface area (Å²) >= 11 is 0. The van der Waals surface area contributed by atoms with Gasteiger partial charge in [0.1, 0.15) is 5.82 Å². The number of rotatable bonds is 3. The fraction of sp³-hybridized carbons (Fsp3) is 0.571. The Morgan fingerprint density at radius 3 is 2.18 bits per heavy atom. The van der Waals surface area contributed by atoms with Crippen molar-refractivity contribution in [2.75, 3.05) is 19.6 Å². The van der Waals surface area contributed by atoms with E-state index in [0.29, 0.717) is 6.54 Å². The number of halogens is 1. The van der Waals surface area contributed by atoms with E-state index in [2.05, 4.69) is 4.90 Å². The van der Waals surface area contributed by atoms with Gasteiger partial charge >= 0.3 is 0 Å². The molecule has 1 fully saturated rings. The highest BCUT2D eigenvalue weighted by molar-refractivity contribution is 5.20. The molecule has 0 aliphatic carbocycles. The lowest BCUT2D eigenvalue weighted by atomic mass is 10.0. The Kier molecular flexibility index (Phi) is 4.51. The molecule has 1 saturated heterocycles. The van der Waals surface area contributed by atoms with Crippen LogP contribution in [0.3, 0.4) is 0 Å². The number of nitrogens with zero attached hydrogens (tertiary/aromatic N) is 1. The first kappa shape index (κ1) is 12.5. The third-order valence-electron chi connectivity index (χ3n) is 3.56. The molecule has 0 radical (unpaired) electrons. The number of likely N-dealkylation sites (tertiary alicyclic amines) is 1. The van der Waals surface area contributed by atoms with E-state index in [0.717, 1.165) is 18.7 Å². The number of hydrogen-bond acceptors (Lipinski definition) is 2. The van der Waals surface area contributed by atoms with Gasteiger partial charge in [-0.2, -0.15) is 0 Å². The van der Waals surface area contributed by atoms with E-state index >= 15 is 0 Å². The third kappa shape index (κ3) is 3.27. The summed E-state index contributed by atoms with van der Waals surface area (Å²) < 4.78 is 12.9. The van der Waals surface area contributed by atoms with Gasteiger partial charge in [0.15, 0.2) is 0 Å². The van der Waals surface area contributed by atoms with Crippen LogP contribution in [0.15, 0.2) is 24.3 Å². The Labute approximate surface area is 103 Å². The summed E-state index contributed by atoms with van der Waals surface area (Å²) in [6, 6.07) is 7.01. The first-order valence-electron chi connectivity index (χ1n) is 6.51. The zero-order chi connectivity index (χ0) is 12.1. The zero-order valence-electron chi connectivity index (χ0n) is 10.2. The minimum Gasteiger partial charge on any atom is -0.329 e. The van der Waals surface area contributed by atoms with Gasteiger partial charge in [0.2, 0.25) is 0 Å². The van der Waals surface area contributed by atoms with E-state index in [-0.39, 0.29) is 11.9 Å². The molecule has 17 heavy (non-hydrogen) atoms. The Morgan fingerprint density at radius 2 is 1.65 bits per heavy atom. The lowest BCUT2D eigenvalue weighted by molar-refractivity contribution is 0.209. The molecule has 1 atom stereocenters. The molecule has 0 amide bonds. The molecule has 94 valence electrons. The predicted octanol–water partition coefficient (Wildman–Crippen LogP) is 2.70. The van der Waals surface area contributed by atoms with Crippen LogP contribution in [0.5, 0.6) is 0 Å². The largest absolute Gasteiger partial charge is 0.329 e. The summed E-state index contributed by atoms with van der Waals surface area (Å²) in [6.45, 7) is 2.82. The van der Waals surface area contributed by atoms with Crippen molar-refractivity contribution in [2.45, 2.75) is 31.7 Å². The smallest absolute Gasteiger partial charge is 0.123 e. The minimum absolute atomic E-state index is 0.180. The Balaban J connectivity index is 2.11. The summed E-state index contributed by atoms with van der Waals surface area (Å²) in [4.78, 5) is 2.44. The van der Waals surface area contributed by atoms with E-state index in [1.54, 1.807) is 0 Å². The molecule has 1 aromatic carbocycles. The summed E-state index contributed by atoms with van der Waals surface area (Å²) in [6.07, 6.45) is 5.13. The van der Waals surface area contributed by atoms with Crippen LogP contribution in [0.1, 0.15) is 37.3 Å². The van der Waals surface area contributed by atoms with Crippen molar-refractivity contribution in [1.29, 1.82) is 0 Å². The molecule has 0 spiro atoms. The average molecular weight is 236 g/mol. The fourth-order valence-electron chi connectivity index (χ4n) is 2.59. The van der Waals surface area contributed by atoms with E-state index in [1.165, 1.54) is 37.8 Å². The Hall–Kier alpha value is -0.930. The normalized spacial score (nSPS) is 19.9. The van der Waals surface area contributed by atoms with Gasteiger partial charge in [0, 0.05) is 12.6 Å². The first-order valence-corrected chi connectivity index (χ1v) is 6.51. The maximum atomic E-state index is 12.9. The standard InChI is InChI=1S/C14H21FN2/c15-13-7-5-12(6-8-13)14(11-16)17-9-3-1-2-4-10-17/h5-8,14H,1-4,9-11,16H2/t14-/m0/s1. The van der Waals surface area contributed by atoms with Gasteiger partial charge in [-0.25, -0.2) is 4.39 Å². The minimum atomic E-state index is -0.180. The lowest BCUT2D eigenvalue weighted by Gasteiger charge is -2.30. The molecule has 0 aromatic heterocycles. The molecule has 0 saturated carbocycles. The van der Waals surface area contributed by atoms with Crippen molar-refractivity contribution in [1.82, 2.24) is 4.90 Å². The van der Waals surface area contributed by atoms with E-state index in [1.807, 2.05) is 12.1 Å². The molecule has 2 nitrogen and oxygen atoms in total. The van der Waals surface area contributed by atoms with Gasteiger partial charge < -0.3 is 5.73 Å². The van der Waals surface area contributed by atoms with Crippen LogP contribution in [0.2, 0.25) is 0 Å². The van der Waals surface area contributed by atoms with Gasteiger partial charge in [-0.15, -0.1) is 0 Å². The second-order valence-electron chi connectivity index (χ2n) is 4.75. The number of benzene rings is 1. The van der Waals surface area contributed by atoms with E-state index in [4.69, 9.17) is 5.73 Å². The molecule has 0 unspecified atom stereocenters. The molecule has 3 heteroatoms. The highest BCUT2D eigenvalue weighted by Crippen LogP contribution is 2.23. The van der Waals surface area contributed by atoms with Crippen LogP contribution < -0.4 is 5.73 Å². The second kappa shape index (κ2) is 6.12. The first-order chi connectivity index (χ1) is 8.31. The van der Waals surface area contributed by atoms with Crippen molar-refractivity contribution in [3.05, 3.63) is 35.6 Å². The number of nitrogens with two attached hydrogens (primary N) is 1. The van der Waals surface area contributed by atoms with Crippen molar-refractivity contribution >= 4 is 0 Å². The molecule has 1 aliphatic rings. The second-order valence-corrected chi connectivity index (χ2v) is 4.75. The van der Waals surface area contributed by atoms with E-state index < -0.39 is 0 Å². The summed E-state index contributed by atoms with van der Waals surface area (Å²) in [5, 5.41) is 0. The highest BCUT2D eigenvalue weighted by atomic mass is 19.1. The lowest BCUT2D eigenvalue weighted by Crippen LogP contribution is -2.34. The topological polar surface area (TPSA) is 29.3 Å². The Bertz CT molecular complexity index is 329. The molecular weight excluding hydrogens is 215 g/mol. The van der Waals surface area contributed by atoms with Gasteiger partial charge in [0.25, 0.3) is 0 Å². The van der Waals surface area contributed by atoms with Gasteiger partial charge in [-0.1, -0.05) is 25.0 Å². The maximum absolute atomic E-state index is 12.9. The van der Waals surface area contributed by atoms with Crippen molar-refractivity contribution in [2.24, 2.45) is 5.73 Å². The van der Waals surface area contributed by atoms with Gasteiger partial charge in [-0.05, 0) is 43.6 Å². The Morgan fingerprint density at radius 1 is 1.06 bits per heavy atom. The monoisotopic (exact) mass is 236 g/mol. The molecule has 1 aromatic rings. The molecule has 1 aliphatic heterocycles. The van der Waals surface area contributed by atoms with Crippen LogP contribution in [0, 0.1) is 5.82 Å². The predicted molar refractivity (Wildman–Crippen MR) is 68.2 cm³/mol. The zero-order valence-corrected chi connectivity index (χ0v) is 10.2. The van der Waals surface area contributed by atoms with Crippen molar-refractivity contribution < 1.29 is 4.39 Å². The molecule has 2 N–H and O–H groups in total. The van der Waals surface area contributed by atoms with Crippen LogP contribution in [-0.4, -0.2) is 24.5 Å². The van der Waals surface area contributed by atoms with E-state index in [9.17, 15) is 4.39 Å². The molecule has 1 heterocycles. The summed E-state index contributed by atoms with van der Waals surface area (Å²) in [5.74, 6) is -0.180. The third-order valence-corrected chi connectivity index (χ3v) is 3.56. The summed E-state index contributed by atoms with van der Waals surface area (Å²) in [5.41, 5.74) is 7.02. The van der Waals surface area contributed by atoms with Crippen molar-refractivity contribution in [3.63, 3.8) is 0 Å². The SMILES string of the molecule is NC[C@@H](c1ccc(F)cc1)N1CCCCCC1. The van der Waals surface area contributed by atoms with Crippen LogP contribution >= 0.6 is 0 Å². The van der Waals surface area contributed by atoms with Gasteiger partial charge in [0.05, 0.1) is 0 Å². The van der Waals surface area contributed by atoms with Crippen LogP contribution in [-0.2, 0) is 0 Å². The average Bonchev–Trinajstić information content (AvgIpc) is 2.62. The molecule has 2 rings (SSSR count). The highest BCUT2D eigenvalue weighted by Gasteiger charge is 2.19.